The van der Waals surface area contributed by atoms with E-state index >= 15 is 0 Å². The number of rotatable bonds is 3. The van der Waals surface area contributed by atoms with Crippen molar-refractivity contribution in [2.75, 3.05) is 5.32 Å². The Morgan fingerprint density at radius 2 is 2.18 bits per heavy atom. The SMILES string of the molecule is Cc1nc2cc(NC(=O)C3CC3)nc(-c3cnn(C)c3)n2n1. The minimum Gasteiger partial charge on any atom is -0.310 e. The molecule has 4 rings (SSSR count). The Kier molecular flexibility index (Phi) is 2.72. The van der Waals surface area contributed by atoms with Crippen LogP contribution < -0.4 is 5.32 Å². The maximum Gasteiger partial charge on any atom is 0.228 e. The number of amides is 1. The van der Waals surface area contributed by atoms with Gasteiger partial charge in [-0.25, -0.2) is 9.97 Å². The van der Waals surface area contributed by atoms with Crippen LogP contribution in [0.3, 0.4) is 0 Å². The van der Waals surface area contributed by atoms with Crippen LogP contribution in [0.1, 0.15) is 18.7 Å². The largest absolute Gasteiger partial charge is 0.310 e. The normalized spacial score (nSPS) is 14.5. The molecule has 0 atom stereocenters. The minimum atomic E-state index is 0.0187. The first-order chi connectivity index (χ1) is 10.6. The van der Waals surface area contributed by atoms with E-state index in [0.717, 1.165) is 18.4 Å². The topological polar surface area (TPSA) is 90.0 Å². The van der Waals surface area contributed by atoms with Gasteiger partial charge >= 0.3 is 0 Å². The first kappa shape index (κ1) is 12.9. The molecule has 0 unspecified atom stereocenters. The number of fused-ring (bicyclic) bond motifs is 1. The summed E-state index contributed by atoms with van der Waals surface area (Å²) in [6.45, 7) is 1.82. The molecule has 1 N–H and O–H groups in total. The molecule has 1 fully saturated rings. The van der Waals surface area contributed by atoms with Gasteiger partial charge in [0, 0.05) is 25.2 Å². The average Bonchev–Trinajstić information content (AvgIpc) is 3.13. The van der Waals surface area contributed by atoms with Gasteiger partial charge in [-0.15, -0.1) is 5.10 Å². The Balaban J connectivity index is 1.83. The lowest BCUT2D eigenvalue weighted by Gasteiger charge is -2.06. The van der Waals surface area contributed by atoms with Crippen LogP contribution in [0.4, 0.5) is 5.82 Å². The van der Waals surface area contributed by atoms with E-state index < -0.39 is 0 Å². The highest BCUT2D eigenvalue weighted by Crippen LogP contribution is 2.30. The third-order valence-electron chi connectivity index (χ3n) is 3.59. The number of aromatic nitrogens is 6. The zero-order valence-electron chi connectivity index (χ0n) is 12.3. The summed E-state index contributed by atoms with van der Waals surface area (Å²) in [5.41, 5.74) is 1.47. The molecule has 8 nitrogen and oxygen atoms in total. The van der Waals surface area contributed by atoms with Crippen LogP contribution >= 0.6 is 0 Å². The van der Waals surface area contributed by atoms with Crippen LogP contribution in [-0.4, -0.2) is 35.3 Å². The highest BCUT2D eigenvalue weighted by Gasteiger charge is 2.30. The molecule has 3 aromatic rings. The number of carbonyl (C=O) groups excluding carboxylic acids is 1. The van der Waals surface area contributed by atoms with E-state index in [-0.39, 0.29) is 11.8 Å². The highest BCUT2D eigenvalue weighted by atomic mass is 16.2. The molecule has 8 heteroatoms. The fourth-order valence-electron chi connectivity index (χ4n) is 2.36. The summed E-state index contributed by atoms with van der Waals surface area (Å²) in [5, 5.41) is 11.4. The molecule has 0 saturated heterocycles. The van der Waals surface area contributed by atoms with Crippen LogP contribution in [0.25, 0.3) is 17.0 Å². The van der Waals surface area contributed by atoms with Crippen molar-refractivity contribution in [1.29, 1.82) is 0 Å². The Hall–Kier alpha value is -2.77. The molecule has 1 aliphatic carbocycles. The Bertz CT molecular complexity index is 875. The second-order valence-electron chi connectivity index (χ2n) is 5.56. The monoisotopic (exact) mass is 297 g/mol. The zero-order chi connectivity index (χ0) is 15.3. The van der Waals surface area contributed by atoms with Crippen molar-refractivity contribution in [2.45, 2.75) is 19.8 Å². The summed E-state index contributed by atoms with van der Waals surface area (Å²) in [5.74, 6) is 1.90. The van der Waals surface area contributed by atoms with Gasteiger partial charge in [0.2, 0.25) is 5.91 Å². The van der Waals surface area contributed by atoms with Gasteiger partial charge in [-0.2, -0.15) is 9.61 Å². The van der Waals surface area contributed by atoms with Crippen molar-refractivity contribution in [3.05, 3.63) is 24.3 Å². The molecule has 1 amide bonds. The van der Waals surface area contributed by atoms with Crippen LogP contribution in [-0.2, 0) is 11.8 Å². The number of anilines is 1. The lowest BCUT2D eigenvalue weighted by molar-refractivity contribution is -0.117. The predicted molar refractivity (Wildman–Crippen MR) is 79.1 cm³/mol. The summed E-state index contributed by atoms with van der Waals surface area (Å²) in [4.78, 5) is 20.8. The quantitative estimate of drug-likeness (QED) is 0.784. The molecule has 3 aromatic heterocycles. The van der Waals surface area contributed by atoms with E-state index in [1.807, 2.05) is 20.2 Å². The first-order valence-electron chi connectivity index (χ1n) is 7.14. The van der Waals surface area contributed by atoms with Crippen molar-refractivity contribution >= 4 is 17.4 Å². The average molecular weight is 297 g/mol. The number of nitrogens with one attached hydrogen (secondary N) is 1. The second-order valence-corrected chi connectivity index (χ2v) is 5.56. The number of carbonyl (C=O) groups is 1. The van der Waals surface area contributed by atoms with Gasteiger partial charge in [0.05, 0.1) is 11.8 Å². The fourth-order valence-corrected chi connectivity index (χ4v) is 2.36. The third kappa shape index (κ3) is 2.22. The molecule has 0 aliphatic heterocycles. The van der Waals surface area contributed by atoms with E-state index in [2.05, 4.69) is 25.5 Å². The number of nitrogens with zero attached hydrogens (tertiary/aromatic N) is 6. The van der Waals surface area contributed by atoms with E-state index in [9.17, 15) is 4.79 Å². The number of hydrogen-bond donors (Lipinski definition) is 1. The number of hydrogen-bond acceptors (Lipinski definition) is 5. The van der Waals surface area contributed by atoms with Gasteiger partial charge in [-0.3, -0.25) is 9.48 Å². The van der Waals surface area contributed by atoms with Gasteiger partial charge in [0.1, 0.15) is 11.6 Å². The molecule has 0 spiro atoms. The maximum atomic E-state index is 12.0. The van der Waals surface area contributed by atoms with Crippen LogP contribution in [0, 0.1) is 12.8 Å². The van der Waals surface area contributed by atoms with Crippen molar-refractivity contribution in [3.63, 3.8) is 0 Å². The zero-order valence-corrected chi connectivity index (χ0v) is 12.3. The molecular formula is C14H15N7O. The highest BCUT2D eigenvalue weighted by molar-refractivity contribution is 5.93. The smallest absolute Gasteiger partial charge is 0.228 e. The molecular weight excluding hydrogens is 282 g/mol. The Labute approximate surface area is 126 Å². The van der Waals surface area contributed by atoms with Gasteiger partial charge < -0.3 is 5.32 Å². The van der Waals surface area contributed by atoms with E-state index in [4.69, 9.17) is 0 Å². The fraction of sp³-hybridized carbons (Fsp3) is 0.357. The van der Waals surface area contributed by atoms with Crippen LogP contribution in [0.2, 0.25) is 0 Å². The Morgan fingerprint density at radius 1 is 1.36 bits per heavy atom. The molecule has 22 heavy (non-hydrogen) atoms. The lowest BCUT2D eigenvalue weighted by Crippen LogP contribution is -2.15. The van der Waals surface area contributed by atoms with E-state index in [1.165, 1.54) is 0 Å². The molecule has 3 heterocycles. The van der Waals surface area contributed by atoms with Gasteiger partial charge in [-0.05, 0) is 19.8 Å². The standard InChI is InChI=1S/C14H15N7O/c1-8-16-12-5-11(18-14(22)9-3-4-9)17-13(21(12)19-8)10-6-15-20(2)7-10/h5-7,9H,3-4H2,1-2H3,(H,18,22). The Morgan fingerprint density at radius 3 is 2.86 bits per heavy atom. The predicted octanol–water partition coefficient (Wildman–Crippen LogP) is 1.18. The molecule has 0 radical (unpaired) electrons. The summed E-state index contributed by atoms with van der Waals surface area (Å²) in [7, 11) is 1.84. The summed E-state index contributed by atoms with van der Waals surface area (Å²) < 4.78 is 3.36. The third-order valence-corrected chi connectivity index (χ3v) is 3.59. The van der Waals surface area contributed by atoms with Crippen molar-refractivity contribution in [3.8, 4) is 11.4 Å². The van der Waals surface area contributed by atoms with Gasteiger partial charge in [0.25, 0.3) is 0 Å². The summed E-state index contributed by atoms with van der Waals surface area (Å²) >= 11 is 0. The maximum absolute atomic E-state index is 12.0. The van der Waals surface area contributed by atoms with Crippen molar-refractivity contribution in [2.24, 2.45) is 13.0 Å². The van der Waals surface area contributed by atoms with Gasteiger partial charge in [0.15, 0.2) is 11.5 Å². The van der Waals surface area contributed by atoms with Crippen LogP contribution in [0.5, 0.6) is 0 Å². The second kappa shape index (κ2) is 4.62. The van der Waals surface area contributed by atoms with Crippen LogP contribution in [0.15, 0.2) is 18.5 Å². The minimum absolute atomic E-state index is 0.0187. The summed E-state index contributed by atoms with van der Waals surface area (Å²) in [6, 6.07) is 1.74. The van der Waals surface area contributed by atoms with Gasteiger partial charge in [-0.1, -0.05) is 0 Å². The van der Waals surface area contributed by atoms with E-state index in [1.54, 1.807) is 21.5 Å². The molecule has 112 valence electrons. The first-order valence-corrected chi connectivity index (χ1v) is 7.14. The van der Waals surface area contributed by atoms with E-state index in [0.29, 0.717) is 23.1 Å². The summed E-state index contributed by atoms with van der Waals surface area (Å²) in [6.07, 6.45) is 5.47. The molecule has 0 bridgehead atoms. The number of aryl methyl sites for hydroxylation is 2. The molecule has 0 aromatic carbocycles. The van der Waals surface area contributed by atoms with Crippen molar-refractivity contribution in [1.82, 2.24) is 29.4 Å². The van der Waals surface area contributed by atoms with Crippen molar-refractivity contribution < 1.29 is 4.79 Å². The molecule has 1 aliphatic rings. The lowest BCUT2D eigenvalue weighted by atomic mass is 10.3. The molecule has 1 saturated carbocycles.